The molecule has 0 atom stereocenters. The molecule has 0 aliphatic heterocycles. The van der Waals surface area contributed by atoms with Gasteiger partial charge in [0.2, 0.25) is 0 Å². The van der Waals surface area contributed by atoms with Crippen LogP contribution in [-0.4, -0.2) is 9.55 Å². The number of aromatic nitrogens is 2. The van der Waals surface area contributed by atoms with E-state index in [1.807, 2.05) is 5.51 Å². The van der Waals surface area contributed by atoms with Crippen LogP contribution in [0.15, 0.2) is 96.5 Å². The van der Waals surface area contributed by atoms with Crippen LogP contribution in [-0.2, 0) is 5.41 Å². The third-order valence-electron chi connectivity index (χ3n) is 7.91. The van der Waals surface area contributed by atoms with Crippen LogP contribution in [0, 0.1) is 0 Å². The monoisotopic (exact) mass is 466 g/mol. The molecule has 0 saturated heterocycles. The number of hydrogen-bond donors (Lipinski definition) is 0. The number of fused-ring (bicyclic) bond motifs is 8. The standard InChI is InChI=1S/C32H22N2S/c1-32(2)25-10-5-3-8-21(25)23-14-19-15-24-22-9-4-6-11-27(22)34(29(24)17-20(19)16-26(23)32)28-12-7-13-30-31(28)33-18-35-30/h3-18H,1-2H3. The Morgan fingerprint density at radius 1 is 0.686 bits per heavy atom. The molecule has 1 aliphatic carbocycles. The summed E-state index contributed by atoms with van der Waals surface area (Å²) in [6, 6.07) is 33.7. The van der Waals surface area contributed by atoms with Gasteiger partial charge in [0.15, 0.2) is 0 Å². The lowest BCUT2D eigenvalue weighted by atomic mass is 9.82. The topological polar surface area (TPSA) is 17.8 Å². The minimum absolute atomic E-state index is 0.00598. The number of rotatable bonds is 1. The zero-order chi connectivity index (χ0) is 23.3. The third-order valence-corrected chi connectivity index (χ3v) is 8.71. The van der Waals surface area contributed by atoms with Crippen molar-refractivity contribution in [2.45, 2.75) is 19.3 Å². The number of benzene rings is 5. The average Bonchev–Trinajstić information content (AvgIpc) is 3.54. The van der Waals surface area contributed by atoms with Crippen LogP contribution in [0.1, 0.15) is 25.0 Å². The van der Waals surface area contributed by atoms with Crippen LogP contribution in [0.4, 0.5) is 0 Å². The molecule has 166 valence electrons. The van der Waals surface area contributed by atoms with Gasteiger partial charge in [0.25, 0.3) is 0 Å². The molecule has 7 aromatic rings. The predicted molar refractivity (Wildman–Crippen MR) is 149 cm³/mol. The molecule has 0 saturated carbocycles. The van der Waals surface area contributed by atoms with Crippen molar-refractivity contribution < 1.29 is 0 Å². The van der Waals surface area contributed by atoms with Crippen molar-refractivity contribution in [2.75, 3.05) is 0 Å². The summed E-state index contributed by atoms with van der Waals surface area (Å²) >= 11 is 1.69. The van der Waals surface area contributed by atoms with Gasteiger partial charge >= 0.3 is 0 Å². The lowest BCUT2D eigenvalue weighted by molar-refractivity contribution is 0.661. The van der Waals surface area contributed by atoms with E-state index in [0.717, 1.165) is 11.2 Å². The highest BCUT2D eigenvalue weighted by atomic mass is 32.1. The fourth-order valence-corrected chi connectivity index (χ4v) is 6.92. The first-order valence-corrected chi connectivity index (χ1v) is 12.9. The van der Waals surface area contributed by atoms with Crippen LogP contribution < -0.4 is 0 Å². The third kappa shape index (κ3) is 2.46. The Morgan fingerprint density at radius 3 is 2.46 bits per heavy atom. The highest BCUT2D eigenvalue weighted by Crippen LogP contribution is 2.50. The summed E-state index contributed by atoms with van der Waals surface area (Å²) in [4.78, 5) is 4.74. The Hall–Kier alpha value is -3.95. The Kier molecular flexibility index (Phi) is 3.64. The summed E-state index contributed by atoms with van der Waals surface area (Å²) in [5, 5.41) is 5.13. The average molecular weight is 467 g/mol. The summed E-state index contributed by atoms with van der Waals surface area (Å²) in [5.41, 5.74) is 12.2. The van der Waals surface area contributed by atoms with Crippen molar-refractivity contribution in [1.82, 2.24) is 9.55 Å². The molecule has 2 aromatic heterocycles. The molecular weight excluding hydrogens is 444 g/mol. The van der Waals surface area contributed by atoms with Crippen LogP contribution in [0.2, 0.25) is 0 Å². The maximum atomic E-state index is 4.74. The van der Waals surface area contributed by atoms with E-state index in [2.05, 4.69) is 109 Å². The second kappa shape index (κ2) is 6.59. The van der Waals surface area contributed by atoms with Crippen molar-refractivity contribution in [2.24, 2.45) is 0 Å². The molecule has 35 heavy (non-hydrogen) atoms. The van der Waals surface area contributed by atoms with E-state index in [0.29, 0.717) is 0 Å². The molecule has 3 heteroatoms. The van der Waals surface area contributed by atoms with Gasteiger partial charge < -0.3 is 4.57 Å². The Balaban J connectivity index is 1.51. The first-order valence-electron chi connectivity index (χ1n) is 12.1. The van der Waals surface area contributed by atoms with Crippen molar-refractivity contribution in [1.29, 1.82) is 0 Å². The van der Waals surface area contributed by atoms with Crippen LogP contribution >= 0.6 is 11.3 Å². The molecule has 0 unspecified atom stereocenters. The van der Waals surface area contributed by atoms with Crippen molar-refractivity contribution in [3.8, 4) is 16.8 Å². The lowest BCUT2D eigenvalue weighted by Crippen LogP contribution is -2.14. The van der Waals surface area contributed by atoms with Gasteiger partial charge in [-0.05, 0) is 75.5 Å². The molecule has 1 aliphatic rings. The Morgan fingerprint density at radius 2 is 1.51 bits per heavy atom. The van der Waals surface area contributed by atoms with Gasteiger partial charge in [0.05, 0.1) is 26.9 Å². The van der Waals surface area contributed by atoms with Gasteiger partial charge in [0.1, 0.15) is 5.52 Å². The molecular formula is C32H22N2S. The minimum Gasteiger partial charge on any atom is -0.307 e. The number of thiazole rings is 1. The molecule has 5 aromatic carbocycles. The van der Waals surface area contributed by atoms with Crippen LogP contribution in [0.25, 0.3) is 59.6 Å². The van der Waals surface area contributed by atoms with E-state index >= 15 is 0 Å². The molecule has 0 bridgehead atoms. The predicted octanol–water partition coefficient (Wildman–Crippen LogP) is 8.85. The molecule has 0 spiro atoms. The quantitative estimate of drug-likeness (QED) is 0.236. The first kappa shape index (κ1) is 19.4. The second-order valence-corrected chi connectivity index (χ2v) is 11.0. The maximum absolute atomic E-state index is 4.74. The molecule has 0 N–H and O–H groups in total. The Labute approximate surface area is 207 Å². The van der Waals surface area contributed by atoms with E-state index in [-0.39, 0.29) is 5.41 Å². The van der Waals surface area contributed by atoms with Crippen LogP contribution in [0.3, 0.4) is 0 Å². The summed E-state index contributed by atoms with van der Waals surface area (Å²) < 4.78 is 3.62. The highest BCUT2D eigenvalue weighted by molar-refractivity contribution is 7.16. The summed E-state index contributed by atoms with van der Waals surface area (Å²) in [7, 11) is 0. The zero-order valence-electron chi connectivity index (χ0n) is 19.5. The fraction of sp³-hybridized carbons (Fsp3) is 0.0938. The zero-order valence-corrected chi connectivity index (χ0v) is 20.4. The SMILES string of the molecule is CC1(C)c2ccccc2-c2cc3cc4c5ccccc5n(-c5cccc6scnc56)c4cc3cc21. The highest BCUT2D eigenvalue weighted by Gasteiger charge is 2.35. The van der Waals surface area contributed by atoms with E-state index in [1.54, 1.807) is 11.3 Å². The van der Waals surface area contributed by atoms with Gasteiger partial charge in [0, 0.05) is 16.2 Å². The smallest absolute Gasteiger partial charge is 0.105 e. The normalized spacial score (nSPS) is 14.2. The fourth-order valence-electron chi connectivity index (χ4n) is 6.22. The van der Waals surface area contributed by atoms with E-state index < -0.39 is 0 Å². The summed E-state index contributed by atoms with van der Waals surface area (Å²) in [5.74, 6) is 0. The van der Waals surface area contributed by atoms with E-state index in [4.69, 9.17) is 4.98 Å². The number of para-hydroxylation sites is 2. The van der Waals surface area contributed by atoms with Gasteiger partial charge in [-0.2, -0.15) is 0 Å². The molecule has 2 heterocycles. The van der Waals surface area contributed by atoms with Crippen molar-refractivity contribution >= 4 is 54.1 Å². The van der Waals surface area contributed by atoms with Gasteiger partial charge in [-0.15, -0.1) is 11.3 Å². The van der Waals surface area contributed by atoms with Gasteiger partial charge in [-0.25, -0.2) is 4.98 Å². The number of nitrogens with zero attached hydrogens (tertiary/aromatic N) is 2. The summed E-state index contributed by atoms with van der Waals surface area (Å²) in [6.45, 7) is 4.70. The summed E-state index contributed by atoms with van der Waals surface area (Å²) in [6.07, 6.45) is 0. The van der Waals surface area contributed by atoms with Gasteiger partial charge in [-0.1, -0.05) is 62.4 Å². The van der Waals surface area contributed by atoms with E-state index in [9.17, 15) is 0 Å². The Bertz CT molecular complexity index is 1990. The molecule has 2 nitrogen and oxygen atoms in total. The molecule has 0 amide bonds. The molecule has 0 radical (unpaired) electrons. The maximum Gasteiger partial charge on any atom is 0.105 e. The molecule has 0 fully saturated rings. The number of hydrogen-bond acceptors (Lipinski definition) is 2. The van der Waals surface area contributed by atoms with Crippen molar-refractivity contribution in [3.05, 3.63) is 108 Å². The lowest BCUT2D eigenvalue weighted by Gasteiger charge is -2.21. The second-order valence-electron chi connectivity index (χ2n) is 10.1. The van der Waals surface area contributed by atoms with E-state index in [1.165, 1.54) is 59.5 Å². The minimum atomic E-state index is -0.00598. The van der Waals surface area contributed by atoms with Crippen molar-refractivity contribution in [3.63, 3.8) is 0 Å². The first-order chi connectivity index (χ1) is 17.1. The molecule has 8 rings (SSSR count). The van der Waals surface area contributed by atoms with Gasteiger partial charge in [-0.3, -0.25) is 0 Å². The van der Waals surface area contributed by atoms with Crippen LogP contribution in [0.5, 0.6) is 0 Å². The largest absolute Gasteiger partial charge is 0.307 e.